The molecule has 0 saturated heterocycles. The Balaban J connectivity index is 1.64. The van der Waals surface area contributed by atoms with Gasteiger partial charge in [0.25, 0.3) is 5.78 Å². The average Bonchev–Trinajstić information content (AvgIpc) is 3.15. The van der Waals surface area contributed by atoms with E-state index in [4.69, 9.17) is 4.74 Å². The van der Waals surface area contributed by atoms with Crippen LogP contribution in [0.5, 0.6) is 0 Å². The van der Waals surface area contributed by atoms with Crippen molar-refractivity contribution in [3.63, 3.8) is 0 Å². The van der Waals surface area contributed by atoms with E-state index in [2.05, 4.69) is 30.4 Å². The number of aromatic nitrogens is 6. The Morgan fingerprint density at radius 1 is 1.07 bits per heavy atom. The number of anilines is 1. The molecule has 0 aliphatic heterocycles. The molecule has 1 N–H and O–H groups in total. The van der Waals surface area contributed by atoms with Gasteiger partial charge in [-0.2, -0.15) is 14.6 Å². The molecule has 146 valence electrons. The molecule has 1 amide bonds. The highest BCUT2D eigenvalue weighted by atomic mass is 16.6. The summed E-state index contributed by atoms with van der Waals surface area (Å²) in [6.45, 7) is 5.40. The zero-order valence-corrected chi connectivity index (χ0v) is 16.2. The highest BCUT2D eigenvalue weighted by molar-refractivity contribution is 5.84. The molecular formula is C20H19N7O2. The van der Waals surface area contributed by atoms with Gasteiger partial charge in [0, 0.05) is 29.7 Å². The molecule has 0 aromatic carbocycles. The van der Waals surface area contributed by atoms with Gasteiger partial charge in [0.1, 0.15) is 17.7 Å². The molecule has 4 aromatic heterocycles. The first kappa shape index (κ1) is 18.5. The van der Waals surface area contributed by atoms with E-state index in [-0.39, 0.29) is 0 Å². The Kier molecular flexibility index (Phi) is 4.63. The number of hydrogen-bond acceptors (Lipinski definition) is 7. The van der Waals surface area contributed by atoms with E-state index in [1.807, 2.05) is 24.3 Å². The fourth-order valence-electron chi connectivity index (χ4n) is 2.72. The van der Waals surface area contributed by atoms with Gasteiger partial charge in [0.15, 0.2) is 0 Å². The number of pyridine rings is 2. The van der Waals surface area contributed by atoms with Gasteiger partial charge < -0.3 is 4.74 Å². The Morgan fingerprint density at radius 2 is 1.86 bits per heavy atom. The maximum absolute atomic E-state index is 11.9. The monoisotopic (exact) mass is 389 g/mol. The second kappa shape index (κ2) is 7.27. The first-order valence-electron chi connectivity index (χ1n) is 8.97. The van der Waals surface area contributed by atoms with Gasteiger partial charge in [-0.1, -0.05) is 0 Å². The summed E-state index contributed by atoms with van der Waals surface area (Å²) in [5, 5.41) is 6.87. The summed E-state index contributed by atoms with van der Waals surface area (Å²) in [6, 6.07) is 9.22. The van der Waals surface area contributed by atoms with Crippen molar-refractivity contribution in [3.05, 3.63) is 55.2 Å². The second-order valence-electron chi connectivity index (χ2n) is 7.29. The summed E-state index contributed by atoms with van der Waals surface area (Å²) in [5.41, 5.74) is 2.66. The fraction of sp³-hybridized carbons (Fsp3) is 0.200. The number of nitrogens with one attached hydrogen (secondary N) is 1. The Labute approximate surface area is 166 Å². The molecule has 0 spiro atoms. The maximum atomic E-state index is 11.9. The van der Waals surface area contributed by atoms with Gasteiger partial charge in [-0.25, -0.2) is 14.8 Å². The quantitative estimate of drug-likeness (QED) is 0.570. The summed E-state index contributed by atoms with van der Waals surface area (Å²) in [6.07, 6.45) is 5.98. The lowest BCUT2D eigenvalue weighted by Gasteiger charge is -2.19. The number of carbonyl (C=O) groups excluding carboxylic acids is 1. The third kappa shape index (κ3) is 4.18. The van der Waals surface area contributed by atoms with Gasteiger partial charge in [-0.3, -0.25) is 10.3 Å². The summed E-state index contributed by atoms with van der Waals surface area (Å²) in [4.78, 5) is 29.0. The predicted octanol–water partition coefficient (Wildman–Crippen LogP) is 3.60. The third-order valence-electron chi connectivity index (χ3n) is 3.92. The van der Waals surface area contributed by atoms with E-state index in [1.165, 1.54) is 6.33 Å². The minimum absolute atomic E-state index is 0.390. The van der Waals surface area contributed by atoms with Crippen LogP contribution >= 0.6 is 0 Å². The Bertz CT molecular complexity index is 1150. The van der Waals surface area contributed by atoms with Crippen molar-refractivity contribution >= 4 is 17.7 Å². The van der Waals surface area contributed by atoms with Crippen molar-refractivity contribution in [1.29, 1.82) is 0 Å². The Morgan fingerprint density at radius 3 is 2.55 bits per heavy atom. The van der Waals surface area contributed by atoms with Crippen LogP contribution in [0.4, 0.5) is 10.6 Å². The van der Waals surface area contributed by atoms with Crippen molar-refractivity contribution < 1.29 is 9.53 Å². The smallest absolute Gasteiger partial charge is 0.413 e. The molecule has 0 atom stereocenters. The molecular weight excluding hydrogens is 370 g/mol. The van der Waals surface area contributed by atoms with Crippen LogP contribution in [0, 0.1) is 0 Å². The van der Waals surface area contributed by atoms with Crippen LogP contribution in [0.2, 0.25) is 0 Å². The largest absolute Gasteiger partial charge is 0.444 e. The van der Waals surface area contributed by atoms with Crippen LogP contribution in [-0.4, -0.2) is 41.2 Å². The van der Waals surface area contributed by atoms with Crippen molar-refractivity contribution in [2.75, 3.05) is 5.32 Å². The first-order chi connectivity index (χ1) is 13.9. The predicted molar refractivity (Wildman–Crippen MR) is 107 cm³/mol. The minimum atomic E-state index is -0.578. The van der Waals surface area contributed by atoms with Crippen molar-refractivity contribution in [1.82, 2.24) is 29.5 Å². The fourth-order valence-corrected chi connectivity index (χ4v) is 2.72. The number of hydrogen-bond donors (Lipinski definition) is 1. The number of carbonyl (C=O) groups is 1. The van der Waals surface area contributed by atoms with Gasteiger partial charge in [0.2, 0.25) is 0 Å². The zero-order valence-electron chi connectivity index (χ0n) is 16.2. The summed E-state index contributed by atoms with van der Waals surface area (Å²) in [7, 11) is 0. The zero-order chi connectivity index (χ0) is 20.4. The molecule has 4 rings (SSSR count). The van der Waals surface area contributed by atoms with E-state index in [1.54, 1.807) is 49.9 Å². The van der Waals surface area contributed by atoms with E-state index in [0.29, 0.717) is 17.3 Å². The van der Waals surface area contributed by atoms with Crippen molar-refractivity contribution in [2.24, 2.45) is 0 Å². The van der Waals surface area contributed by atoms with Crippen LogP contribution in [-0.2, 0) is 4.74 Å². The summed E-state index contributed by atoms with van der Waals surface area (Å²) >= 11 is 0. The minimum Gasteiger partial charge on any atom is -0.444 e. The van der Waals surface area contributed by atoms with Gasteiger partial charge in [-0.05, 0) is 51.1 Å². The molecule has 29 heavy (non-hydrogen) atoms. The van der Waals surface area contributed by atoms with Gasteiger partial charge in [-0.15, -0.1) is 0 Å². The summed E-state index contributed by atoms with van der Waals surface area (Å²) < 4.78 is 6.91. The number of fused-ring (bicyclic) bond motifs is 1. The van der Waals surface area contributed by atoms with E-state index < -0.39 is 11.7 Å². The first-order valence-corrected chi connectivity index (χ1v) is 8.97. The molecule has 0 aliphatic rings. The molecule has 4 heterocycles. The van der Waals surface area contributed by atoms with E-state index >= 15 is 0 Å². The lowest BCUT2D eigenvalue weighted by Crippen LogP contribution is -2.27. The van der Waals surface area contributed by atoms with Crippen molar-refractivity contribution in [2.45, 2.75) is 26.4 Å². The molecule has 4 aromatic rings. The highest BCUT2D eigenvalue weighted by Crippen LogP contribution is 2.25. The lowest BCUT2D eigenvalue weighted by molar-refractivity contribution is 0.0635. The molecule has 0 fully saturated rings. The highest BCUT2D eigenvalue weighted by Gasteiger charge is 2.17. The van der Waals surface area contributed by atoms with Crippen LogP contribution in [0.25, 0.3) is 28.3 Å². The molecule has 9 heteroatoms. The van der Waals surface area contributed by atoms with Crippen LogP contribution in [0.3, 0.4) is 0 Å². The van der Waals surface area contributed by atoms with Crippen molar-refractivity contribution in [3.8, 4) is 22.5 Å². The lowest BCUT2D eigenvalue weighted by atomic mass is 10.1. The van der Waals surface area contributed by atoms with Gasteiger partial charge in [0.05, 0.1) is 11.4 Å². The van der Waals surface area contributed by atoms with Crippen LogP contribution in [0.15, 0.2) is 55.2 Å². The molecule has 0 bridgehead atoms. The third-order valence-corrected chi connectivity index (χ3v) is 3.92. The molecule has 0 unspecified atom stereocenters. The number of amides is 1. The number of nitrogens with zero attached hydrogens (tertiary/aromatic N) is 6. The Hall–Kier alpha value is -3.88. The standard InChI is InChI=1S/C20H19N7O2/c1-20(2,3)29-19(28)26-17-5-4-14(11-22-17)15-10-16(13-6-8-21-9-7-13)27-18(25-15)23-12-24-27/h4-12H,1-3H3,(H,22,26,28). The topological polar surface area (TPSA) is 107 Å². The molecule has 0 saturated carbocycles. The number of rotatable bonds is 3. The van der Waals surface area contributed by atoms with E-state index in [0.717, 1.165) is 16.8 Å². The SMILES string of the molecule is CC(C)(C)OC(=O)Nc1ccc(-c2cc(-c3ccncc3)n3ncnc3n2)cn1. The average molecular weight is 389 g/mol. The molecule has 0 aliphatic carbocycles. The normalized spacial score (nSPS) is 11.4. The number of ether oxygens (including phenoxy) is 1. The maximum Gasteiger partial charge on any atom is 0.413 e. The van der Waals surface area contributed by atoms with Crippen LogP contribution < -0.4 is 5.32 Å². The summed E-state index contributed by atoms with van der Waals surface area (Å²) in [5.74, 6) is 0.867. The molecule has 9 nitrogen and oxygen atoms in total. The second-order valence-corrected chi connectivity index (χ2v) is 7.29. The van der Waals surface area contributed by atoms with E-state index in [9.17, 15) is 4.79 Å². The molecule has 0 radical (unpaired) electrons. The van der Waals surface area contributed by atoms with Crippen LogP contribution in [0.1, 0.15) is 20.8 Å². The van der Waals surface area contributed by atoms with Gasteiger partial charge >= 0.3 is 6.09 Å².